The summed E-state index contributed by atoms with van der Waals surface area (Å²) in [4.78, 5) is 14.2. The first-order valence-corrected chi connectivity index (χ1v) is 6.32. The molecule has 0 radical (unpaired) electrons. The molecule has 5 nitrogen and oxygen atoms in total. The van der Waals surface area contributed by atoms with Crippen molar-refractivity contribution in [3.05, 3.63) is 36.2 Å². The summed E-state index contributed by atoms with van der Waals surface area (Å²) in [6, 6.07) is 5.68. The Balaban J connectivity index is 2.24. The molecule has 0 aliphatic carbocycles. The van der Waals surface area contributed by atoms with E-state index >= 15 is 0 Å². The van der Waals surface area contributed by atoms with Crippen LogP contribution >= 0.6 is 0 Å². The van der Waals surface area contributed by atoms with E-state index in [2.05, 4.69) is 5.10 Å². The van der Waals surface area contributed by atoms with Gasteiger partial charge in [0.2, 0.25) is 0 Å². The minimum absolute atomic E-state index is 0.0253. The average Bonchev–Trinajstić information content (AvgIpc) is 2.81. The minimum atomic E-state index is -0.0899. The minimum Gasteiger partial charge on any atom is -0.341 e. The standard InChI is InChI=1S/C14H20N4O/c1-14(2,9-15)10-17(3)13(19)11-8-16-18-7-5-4-6-12(11)18/h4-8H,9-10,15H2,1-3H3. The van der Waals surface area contributed by atoms with Crippen molar-refractivity contribution in [2.45, 2.75) is 13.8 Å². The van der Waals surface area contributed by atoms with E-state index in [1.807, 2.05) is 38.2 Å². The third-order valence-corrected chi connectivity index (χ3v) is 3.22. The fourth-order valence-corrected chi connectivity index (χ4v) is 2.08. The van der Waals surface area contributed by atoms with Crippen LogP contribution in [0.1, 0.15) is 24.2 Å². The van der Waals surface area contributed by atoms with Gasteiger partial charge in [0.05, 0.1) is 17.3 Å². The van der Waals surface area contributed by atoms with Crippen LogP contribution in [0.4, 0.5) is 0 Å². The highest BCUT2D eigenvalue weighted by molar-refractivity contribution is 6.00. The second-order valence-corrected chi connectivity index (χ2v) is 5.62. The van der Waals surface area contributed by atoms with E-state index in [0.717, 1.165) is 5.52 Å². The number of hydrogen-bond acceptors (Lipinski definition) is 3. The molecule has 0 saturated heterocycles. The highest BCUT2D eigenvalue weighted by Gasteiger charge is 2.23. The predicted octanol–water partition coefficient (Wildman–Crippen LogP) is 1.39. The Kier molecular flexibility index (Phi) is 3.57. The zero-order chi connectivity index (χ0) is 14.0. The Morgan fingerprint density at radius 2 is 2.21 bits per heavy atom. The molecule has 5 heteroatoms. The molecule has 2 aromatic rings. The molecule has 0 aliphatic heterocycles. The molecule has 0 bridgehead atoms. The van der Waals surface area contributed by atoms with Gasteiger partial charge in [-0.3, -0.25) is 4.79 Å². The van der Waals surface area contributed by atoms with Crippen molar-refractivity contribution in [2.24, 2.45) is 11.1 Å². The lowest BCUT2D eigenvalue weighted by Gasteiger charge is -2.28. The lowest BCUT2D eigenvalue weighted by Crippen LogP contribution is -2.39. The second-order valence-electron chi connectivity index (χ2n) is 5.62. The van der Waals surface area contributed by atoms with Crippen molar-refractivity contribution in [2.75, 3.05) is 20.1 Å². The highest BCUT2D eigenvalue weighted by atomic mass is 16.2. The van der Waals surface area contributed by atoms with E-state index in [9.17, 15) is 4.79 Å². The Bertz CT molecular complexity index is 588. The van der Waals surface area contributed by atoms with Gasteiger partial charge in [-0.25, -0.2) is 4.52 Å². The highest BCUT2D eigenvalue weighted by Crippen LogP contribution is 2.17. The molecule has 2 rings (SSSR count). The SMILES string of the molecule is CN(CC(C)(C)CN)C(=O)c1cnn2ccccc12. The van der Waals surface area contributed by atoms with Gasteiger partial charge in [-0.2, -0.15) is 5.10 Å². The molecule has 0 spiro atoms. The van der Waals surface area contributed by atoms with Crippen LogP contribution in [0.15, 0.2) is 30.6 Å². The van der Waals surface area contributed by atoms with Gasteiger partial charge in [0.15, 0.2) is 0 Å². The van der Waals surface area contributed by atoms with Crippen LogP contribution in [0.25, 0.3) is 5.52 Å². The molecule has 19 heavy (non-hydrogen) atoms. The molecule has 2 N–H and O–H groups in total. The fraction of sp³-hybridized carbons (Fsp3) is 0.429. The molecule has 0 aromatic carbocycles. The predicted molar refractivity (Wildman–Crippen MR) is 75.0 cm³/mol. The average molecular weight is 260 g/mol. The number of nitrogens with two attached hydrogens (primary N) is 1. The first-order chi connectivity index (χ1) is 8.94. The first-order valence-electron chi connectivity index (χ1n) is 6.32. The summed E-state index contributed by atoms with van der Waals surface area (Å²) in [6.07, 6.45) is 3.44. The largest absolute Gasteiger partial charge is 0.341 e. The summed E-state index contributed by atoms with van der Waals surface area (Å²) in [5, 5.41) is 4.18. The Hall–Kier alpha value is -1.88. The van der Waals surface area contributed by atoms with Crippen molar-refractivity contribution >= 4 is 11.4 Å². The molecule has 0 fully saturated rings. The van der Waals surface area contributed by atoms with Gasteiger partial charge in [0.1, 0.15) is 0 Å². The van der Waals surface area contributed by atoms with Gasteiger partial charge < -0.3 is 10.6 Å². The van der Waals surface area contributed by atoms with Crippen LogP contribution in [-0.2, 0) is 0 Å². The number of carbonyl (C=O) groups is 1. The normalized spacial score (nSPS) is 11.8. The zero-order valence-electron chi connectivity index (χ0n) is 11.6. The van der Waals surface area contributed by atoms with E-state index in [-0.39, 0.29) is 11.3 Å². The van der Waals surface area contributed by atoms with Crippen LogP contribution in [-0.4, -0.2) is 40.6 Å². The van der Waals surface area contributed by atoms with E-state index in [1.54, 1.807) is 22.7 Å². The maximum Gasteiger partial charge on any atom is 0.257 e. The van der Waals surface area contributed by atoms with Crippen LogP contribution in [0.3, 0.4) is 0 Å². The van der Waals surface area contributed by atoms with Crippen LogP contribution in [0.2, 0.25) is 0 Å². The van der Waals surface area contributed by atoms with Crippen molar-refractivity contribution in [3.8, 4) is 0 Å². The lowest BCUT2D eigenvalue weighted by atomic mass is 9.93. The van der Waals surface area contributed by atoms with Crippen LogP contribution in [0.5, 0.6) is 0 Å². The van der Waals surface area contributed by atoms with Crippen LogP contribution < -0.4 is 5.73 Å². The van der Waals surface area contributed by atoms with Crippen LogP contribution in [0, 0.1) is 5.41 Å². The van der Waals surface area contributed by atoms with Crippen molar-refractivity contribution in [3.63, 3.8) is 0 Å². The van der Waals surface area contributed by atoms with Gasteiger partial charge in [-0.1, -0.05) is 19.9 Å². The van der Waals surface area contributed by atoms with Gasteiger partial charge in [-0.15, -0.1) is 0 Å². The Labute approximate surface area is 113 Å². The van der Waals surface area contributed by atoms with E-state index in [4.69, 9.17) is 5.73 Å². The molecular formula is C14H20N4O. The quantitative estimate of drug-likeness (QED) is 0.903. The molecule has 2 aromatic heterocycles. The summed E-state index contributed by atoms with van der Waals surface area (Å²) < 4.78 is 1.70. The monoisotopic (exact) mass is 260 g/mol. The summed E-state index contributed by atoms with van der Waals surface area (Å²) in [7, 11) is 1.80. The molecule has 0 unspecified atom stereocenters. The van der Waals surface area contributed by atoms with E-state index < -0.39 is 0 Å². The maximum absolute atomic E-state index is 12.4. The van der Waals surface area contributed by atoms with E-state index in [1.165, 1.54) is 0 Å². The second kappa shape index (κ2) is 5.01. The van der Waals surface area contributed by atoms with Gasteiger partial charge in [-0.05, 0) is 24.1 Å². The summed E-state index contributed by atoms with van der Waals surface area (Å²) in [6.45, 7) is 5.26. The zero-order valence-corrected chi connectivity index (χ0v) is 11.6. The molecule has 0 saturated carbocycles. The summed E-state index contributed by atoms with van der Waals surface area (Å²) >= 11 is 0. The summed E-state index contributed by atoms with van der Waals surface area (Å²) in [5.74, 6) is -0.0253. The Morgan fingerprint density at radius 1 is 1.47 bits per heavy atom. The number of rotatable bonds is 4. The smallest absolute Gasteiger partial charge is 0.257 e. The number of fused-ring (bicyclic) bond motifs is 1. The van der Waals surface area contributed by atoms with Crippen molar-refractivity contribution in [1.82, 2.24) is 14.5 Å². The molecule has 102 valence electrons. The van der Waals surface area contributed by atoms with Gasteiger partial charge in [0, 0.05) is 19.8 Å². The third kappa shape index (κ3) is 2.76. The number of aromatic nitrogens is 2. The fourth-order valence-electron chi connectivity index (χ4n) is 2.08. The maximum atomic E-state index is 12.4. The molecular weight excluding hydrogens is 240 g/mol. The van der Waals surface area contributed by atoms with Gasteiger partial charge >= 0.3 is 0 Å². The number of nitrogens with zero attached hydrogens (tertiary/aromatic N) is 3. The lowest BCUT2D eigenvalue weighted by molar-refractivity contribution is 0.0742. The van der Waals surface area contributed by atoms with Crippen molar-refractivity contribution in [1.29, 1.82) is 0 Å². The molecule has 0 atom stereocenters. The number of hydrogen-bond donors (Lipinski definition) is 1. The number of carbonyl (C=O) groups excluding carboxylic acids is 1. The summed E-state index contributed by atoms with van der Waals surface area (Å²) in [5.41, 5.74) is 7.06. The topological polar surface area (TPSA) is 63.6 Å². The van der Waals surface area contributed by atoms with E-state index in [0.29, 0.717) is 18.7 Å². The molecule has 2 heterocycles. The first kappa shape index (κ1) is 13.5. The van der Waals surface area contributed by atoms with Gasteiger partial charge in [0.25, 0.3) is 5.91 Å². The number of amides is 1. The Morgan fingerprint density at radius 3 is 2.89 bits per heavy atom. The number of pyridine rings is 1. The molecule has 1 amide bonds. The van der Waals surface area contributed by atoms with Crippen molar-refractivity contribution < 1.29 is 4.79 Å². The third-order valence-electron chi connectivity index (χ3n) is 3.22. The molecule has 0 aliphatic rings.